The van der Waals surface area contributed by atoms with Gasteiger partial charge in [-0.25, -0.2) is 4.98 Å². The molecule has 134 valence electrons. The van der Waals surface area contributed by atoms with Crippen LogP contribution in [0.4, 0.5) is 0 Å². The highest BCUT2D eigenvalue weighted by Crippen LogP contribution is 2.45. The predicted octanol–water partition coefficient (Wildman–Crippen LogP) is 2.85. The summed E-state index contributed by atoms with van der Waals surface area (Å²) in [6, 6.07) is 7.04. The van der Waals surface area contributed by atoms with E-state index in [-0.39, 0.29) is 23.7 Å². The van der Waals surface area contributed by atoms with Gasteiger partial charge < -0.3 is 15.5 Å². The van der Waals surface area contributed by atoms with Crippen molar-refractivity contribution in [3.05, 3.63) is 40.2 Å². The van der Waals surface area contributed by atoms with E-state index in [1.807, 2.05) is 17.5 Å². The van der Waals surface area contributed by atoms with Gasteiger partial charge in [-0.05, 0) is 42.8 Å². The van der Waals surface area contributed by atoms with Crippen LogP contribution in [0.2, 0.25) is 0 Å². The molecule has 1 aromatic carbocycles. The number of thioether (sulfide) groups is 1. The largest absolute Gasteiger partial charge is 0.507 e. The molecule has 0 bridgehead atoms. The molecule has 4 rings (SSSR count). The quantitative estimate of drug-likeness (QED) is 0.686. The fourth-order valence-corrected chi connectivity index (χ4v) is 4.16. The van der Waals surface area contributed by atoms with Crippen LogP contribution in [0.25, 0.3) is 16.6 Å². The standard InChI is InChI=1S/C18H17N3O3S2/c22-10-18(5-6-18)9-19-17-21-15(24)14(26-17)7-11-8-25-16(20-11)12-3-1-2-4-13(12)23/h1-4,7-8,22-23H,5-6,9-10H2,(H,19,21,24)/b14-7-. The van der Waals surface area contributed by atoms with E-state index in [1.165, 1.54) is 23.1 Å². The van der Waals surface area contributed by atoms with Crippen molar-refractivity contribution < 1.29 is 15.0 Å². The lowest BCUT2D eigenvalue weighted by molar-refractivity contribution is -0.115. The minimum Gasteiger partial charge on any atom is -0.507 e. The maximum atomic E-state index is 12.1. The fraction of sp³-hybridized carbons (Fsp3) is 0.278. The highest BCUT2D eigenvalue weighted by atomic mass is 32.2. The van der Waals surface area contributed by atoms with Crippen molar-refractivity contribution in [1.82, 2.24) is 10.3 Å². The molecule has 2 fully saturated rings. The number of nitrogens with one attached hydrogen (secondary N) is 1. The summed E-state index contributed by atoms with van der Waals surface area (Å²) in [6.07, 6.45) is 3.69. The van der Waals surface area contributed by atoms with Crippen LogP contribution >= 0.6 is 23.1 Å². The number of aliphatic hydroxyl groups excluding tert-OH is 1. The number of amides is 1. The monoisotopic (exact) mass is 387 g/mol. The molecule has 26 heavy (non-hydrogen) atoms. The van der Waals surface area contributed by atoms with Crippen molar-refractivity contribution in [2.24, 2.45) is 10.4 Å². The van der Waals surface area contributed by atoms with E-state index in [0.717, 1.165) is 12.8 Å². The minimum absolute atomic E-state index is 0.0771. The Morgan fingerprint density at radius 3 is 2.88 bits per heavy atom. The average Bonchev–Trinajstić information content (AvgIpc) is 3.14. The Morgan fingerprint density at radius 2 is 2.15 bits per heavy atom. The minimum atomic E-state index is -0.195. The highest BCUT2D eigenvalue weighted by molar-refractivity contribution is 8.18. The Morgan fingerprint density at radius 1 is 1.35 bits per heavy atom. The number of hydrogen-bond acceptors (Lipinski definition) is 7. The van der Waals surface area contributed by atoms with E-state index in [4.69, 9.17) is 0 Å². The Bertz CT molecular complexity index is 916. The zero-order valence-corrected chi connectivity index (χ0v) is 15.4. The second-order valence-electron chi connectivity index (χ2n) is 6.44. The van der Waals surface area contributed by atoms with Crippen LogP contribution in [0.1, 0.15) is 18.5 Å². The molecular weight excluding hydrogens is 370 g/mol. The SMILES string of the molecule is O=C1NC(=NCC2(CO)CC2)S/C1=C\c1csc(-c2ccccc2O)n1. The number of aromatic nitrogens is 1. The number of carbonyl (C=O) groups is 1. The van der Waals surface area contributed by atoms with Crippen molar-refractivity contribution in [2.45, 2.75) is 12.8 Å². The fourth-order valence-electron chi connectivity index (χ4n) is 2.55. The molecule has 0 atom stereocenters. The van der Waals surface area contributed by atoms with Crippen LogP contribution < -0.4 is 5.32 Å². The van der Waals surface area contributed by atoms with E-state index in [1.54, 1.807) is 18.2 Å². The van der Waals surface area contributed by atoms with Gasteiger partial charge in [-0.1, -0.05) is 12.1 Å². The molecule has 1 saturated heterocycles. The van der Waals surface area contributed by atoms with Crippen molar-refractivity contribution >= 4 is 40.2 Å². The summed E-state index contributed by atoms with van der Waals surface area (Å²) in [5, 5.41) is 25.2. The van der Waals surface area contributed by atoms with Crippen LogP contribution in [0, 0.1) is 5.41 Å². The number of aliphatic imine (C=N–C) groups is 1. The first-order chi connectivity index (χ1) is 12.6. The van der Waals surface area contributed by atoms with Gasteiger partial charge in [0.15, 0.2) is 5.17 Å². The van der Waals surface area contributed by atoms with Crippen LogP contribution in [0.5, 0.6) is 5.75 Å². The van der Waals surface area contributed by atoms with Gasteiger partial charge >= 0.3 is 0 Å². The van der Waals surface area contributed by atoms with Gasteiger partial charge in [0.25, 0.3) is 5.91 Å². The first-order valence-corrected chi connectivity index (χ1v) is 9.88. The Labute approximate surface area is 158 Å². The van der Waals surface area contributed by atoms with Gasteiger partial charge in [0.2, 0.25) is 0 Å². The Kier molecular flexibility index (Phi) is 4.56. The third-order valence-electron chi connectivity index (χ3n) is 4.44. The highest BCUT2D eigenvalue weighted by Gasteiger charge is 2.42. The van der Waals surface area contributed by atoms with Gasteiger partial charge in [-0.2, -0.15) is 0 Å². The van der Waals surface area contributed by atoms with Gasteiger partial charge in [0, 0.05) is 17.3 Å². The zero-order valence-electron chi connectivity index (χ0n) is 13.8. The smallest absolute Gasteiger partial charge is 0.264 e. The third kappa shape index (κ3) is 3.53. The van der Waals surface area contributed by atoms with E-state index >= 15 is 0 Å². The number of hydrogen-bond donors (Lipinski definition) is 3. The number of phenolic OH excluding ortho intramolecular Hbond substituents is 1. The molecule has 2 aromatic rings. The molecule has 1 aliphatic heterocycles. The summed E-state index contributed by atoms with van der Waals surface area (Å²) in [6.45, 7) is 0.673. The summed E-state index contributed by atoms with van der Waals surface area (Å²) in [5.41, 5.74) is 1.26. The molecule has 1 amide bonds. The number of rotatable bonds is 5. The van der Waals surface area contributed by atoms with E-state index in [9.17, 15) is 15.0 Å². The number of aromatic hydroxyl groups is 1. The molecule has 2 aliphatic rings. The number of para-hydroxylation sites is 1. The summed E-state index contributed by atoms with van der Waals surface area (Å²) >= 11 is 2.70. The molecule has 1 aliphatic carbocycles. The lowest BCUT2D eigenvalue weighted by Gasteiger charge is -2.06. The number of thiazole rings is 1. The summed E-state index contributed by atoms with van der Waals surface area (Å²) < 4.78 is 0. The molecule has 2 heterocycles. The summed E-state index contributed by atoms with van der Waals surface area (Å²) in [4.78, 5) is 21.6. The first kappa shape index (κ1) is 17.3. The number of benzene rings is 1. The molecular formula is C18H17N3O3S2. The topological polar surface area (TPSA) is 94.8 Å². The van der Waals surface area contributed by atoms with E-state index in [0.29, 0.717) is 32.9 Å². The van der Waals surface area contributed by atoms with Crippen LogP contribution in [-0.4, -0.2) is 39.4 Å². The van der Waals surface area contributed by atoms with Crippen molar-refractivity contribution in [2.75, 3.05) is 13.2 Å². The lowest BCUT2D eigenvalue weighted by atomic mass is 10.1. The number of amidine groups is 1. The Hall–Kier alpha value is -2.16. The molecule has 1 aromatic heterocycles. The molecule has 8 heteroatoms. The van der Waals surface area contributed by atoms with Gasteiger partial charge in [-0.15, -0.1) is 11.3 Å². The normalized spacial score (nSPS) is 21.3. The summed E-state index contributed by atoms with van der Waals surface area (Å²) in [7, 11) is 0. The first-order valence-electron chi connectivity index (χ1n) is 8.19. The molecule has 0 unspecified atom stereocenters. The maximum Gasteiger partial charge on any atom is 0.264 e. The Balaban J connectivity index is 1.49. The number of phenols is 1. The second-order valence-corrected chi connectivity index (χ2v) is 8.33. The van der Waals surface area contributed by atoms with Gasteiger partial charge in [0.1, 0.15) is 10.8 Å². The molecule has 6 nitrogen and oxygen atoms in total. The zero-order chi connectivity index (χ0) is 18.1. The average molecular weight is 387 g/mol. The molecule has 0 radical (unpaired) electrons. The third-order valence-corrected chi connectivity index (χ3v) is 6.28. The van der Waals surface area contributed by atoms with Crippen LogP contribution in [0.3, 0.4) is 0 Å². The molecule has 3 N–H and O–H groups in total. The van der Waals surface area contributed by atoms with Crippen LogP contribution in [0.15, 0.2) is 39.5 Å². The van der Waals surface area contributed by atoms with E-state index < -0.39 is 0 Å². The second kappa shape index (κ2) is 6.86. The number of carbonyl (C=O) groups excluding carboxylic acids is 1. The van der Waals surface area contributed by atoms with Crippen molar-refractivity contribution in [1.29, 1.82) is 0 Å². The molecule has 1 saturated carbocycles. The molecule has 0 spiro atoms. The van der Waals surface area contributed by atoms with Crippen molar-refractivity contribution in [3.63, 3.8) is 0 Å². The summed E-state index contributed by atoms with van der Waals surface area (Å²) in [5.74, 6) is -0.0129. The number of nitrogens with zero attached hydrogens (tertiary/aromatic N) is 2. The number of aliphatic hydroxyl groups is 1. The predicted molar refractivity (Wildman–Crippen MR) is 104 cm³/mol. The maximum absolute atomic E-state index is 12.1. The van der Waals surface area contributed by atoms with Crippen LogP contribution in [-0.2, 0) is 4.79 Å². The van der Waals surface area contributed by atoms with Gasteiger partial charge in [-0.3, -0.25) is 9.79 Å². The van der Waals surface area contributed by atoms with Crippen molar-refractivity contribution in [3.8, 4) is 16.3 Å². The lowest BCUT2D eigenvalue weighted by Crippen LogP contribution is -2.21. The van der Waals surface area contributed by atoms with Gasteiger partial charge in [0.05, 0.1) is 22.8 Å². The van der Waals surface area contributed by atoms with E-state index in [2.05, 4.69) is 15.3 Å².